The topological polar surface area (TPSA) is 41.0 Å². The summed E-state index contributed by atoms with van der Waals surface area (Å²) in [6.45, 7) is 1.11. The van der Waals surface area contributed by atoms with Crippen molar-refractivity contribution in [1.82, 2.24) is 14.9 Å². The van der Waals surface area contributed by atoms with Crippen LogP contribution in [-0.2, 0) is 6.18 Å². The van der Waals surface area contributed by atoms with Gasteiger partial charge in [-0.1, -0.05) is 0 Å². The van der Waals surface area contributed by atoms with Crippen LogP contribution in [0.1, 0.15) is 24.8 Å². The van der Waals surface area contributed by atoms with E-state index in [9.17, 15) is 13.2 Å². The van der Waals surface area contributed by atoms with Gasteiger partial charge in [0.25, 0.3) is 0 Å². The Morgan fingerprint density at radius 2 is 1.95 bits per heavy atom. The van der Waals surface area contributed by atoms with Gasteiger partial charge in [0.05, 0.1) is 5.56 Å². The van der Waals surface area contributed by atoms with Crippen molar-refractivity contribution in [3.05, 3.63) is 18.0 Å². The van der Waals surface area contributed by atoms with E-state index in [2.05, 4.69) is 27.2 Å². The summed E-state index contributed by atoms with van der Waals surface area (Å²) in [4.78, 5) is 9.89. The van der Waals surface area contributed by atoms with E-state index in [1.165, 1.54) is 6.42 Å². The van der Waals surface area contributed by atoms with Crippen molar-refractivity contribution in [3.8, 4) is 0 Å². The molecule has 1 aromatic rings. The molecule has 3 fully saturated rings. The fraction of sp³-hybridized carbons (Fsp3) is 0.692. The molecule has 0 aromatic carbocycles. The summed E-state index contributed by atoms with van der Waals surface area (Å²) >= 11 is 0. The van der Waals surface area contributed by atoms with Crippen LogP contribution in [-0.4, -0.2) is 40.5 Å². The van der Waals surface area contributed by atoms with Gasteiger partial charge in [-0.15, -0.1) is 0 Å². The summed E-state index contributed by atoms with van der Waals surface area (Å²) in [6.07, 6.45) is 0.683. The molecule has 0 spiro atoms. The Bertz CT molecular complexity index is 473. The maximum Gasteiger partial charge on any atom is 0.419 e. The zero-order valence-corrected chi connectivity index (χ0v) is 11.2. The van der Waals surface area contributed by atoms with E-state index in [1.54, 1.807) is 0 Å². The third kappa shape index (κ3) is 2.59. The van der Waals surface area contributed by atoms with Gasteiger partial charge in [0.15, 0.2) is 0 Å². The van der Waals surface area contributed by atoms with Crippen molar-refractivity contribution < 1.29 is 13.2 Å². The fourth-order valence-corrected chi connectivity index (χ4v) is 3.35. The van der Waals surface area contributed by atoms with Crippen molar-refractivity contribution in [2.45, 2.75) is 37.5 Å². The molecule has 20 heavy (non-hydrogen) atoms. The second-order valence-corrected chi connectivity index (χ2v) is 5.73. The number of nitrogens with one attached hydrogen (secondary N) is 1. The maximum atomic E-state index is 12.4. The Labute approximate surface area is 115 Å². The van der Waals surface area contributed by atoms with E-state index in [1.807, 2.05) is 0 Å². The highest BCUT2D eigenvalue weighted by Gasteiger charge is 2.39. The monoisotopic (exact) mass is 286 g/mol. The maximum absolute atomic E-state index is 12.4. The molecule has 3 aliphatic rings. The third-order valence-corrected chi connectivity index (χ3v) is 4.33. The van der Waals surface area contributed by atoms with Gasteiger partial charge >= 0.3 is 6.18 Å². The molecule has 0 radical (unpaired) electrons. The average Bonchev–Trinajstić information content (AvgIpc) is 2.38. The van der Waals surface area contributed by atoms with Gasteiger partial charge in [-0.25, -0.2) is 9.97 Å². The molecular weight excluding hydrogens is 269 g/mol. The van der Waals surface area contributed by atoms with Crippen LogP contribution in [0, 0.1) is 5.92 Å². The summed E-state index contributed by atoms with van der Waals surface area (Å²) < 4.78 is 37.3. The van der Waals surface area contributed by atoms with Crippen molar-refractivity contribution >= 4 is 5.95 Å². The largest absolute Gasteiger partial charge is 0.419 e. The minimum Gasteiger partial charge on any atom is -0.350 e. The second kappa shape index (κ2) is 4.87. The summed E-state index contributed by atoms with van der Waals surface area (Å²) in [5.41, 5.74) is -0.815. The van der Waals surface area contributed by atoms with Crippen LogP contribution in [0.5, 0.6) is 0 Å². The van der Waals surface area contributed by atoms with Crippen LogP contribution in [0.25, 0.3) is 0 Å². The highest BCUT2D eigenvalue weighted by Crippen LogP contribution is 2.35. The van der Waals surface area contributed by atoms with E-state index >= 15 is 0 Å². The van der Waals surface area contributed by atoms with Crippen LogP contribution in [0.3, 0.4) is 0 Å². The Balaban J connectivity index is 1.69. The lowest BCUT2D eigenvalue weighted by Crippen LogP contribution is -2.56. The zero-order chi connectivity index (χ0) is 14.3. The summed E-state index contributed by atoms with van der Waals surface area (Å²) in [6, 6.07) is 0.648. The first kappa shape index (κ1) is 13.6. The predicted octanol–water partition coefficient (Wildman–Crippen LogP) is 2.39. The highest BCUT2D eigenvalue weighted by atomic mass is 19.4. The zero-order valence-electron chi connectivity index (χ0n) is 11.2. The normalized spacial score (nSPS) is 30.5. The van der Waals surface area contributed by atoms with Gasteiger partial charge in [0.1, 0.15) is 0 Å². The molecule has 1 aliphatic carbocycles. The Morgan fingerprint density at radius 1 is 1.25 bits per heavy atom. The van der Waals surface area contributed by atoms with E-state index in [-0.39, 0.29) is 12.0 Å². The highest BCUT2D eigenvalue weighted by molar-refractivity contribution is 5.29. The first-order chi connectivity index (χ1) is 9.43. The fourth-order valence-electron chi connectivity index (χ4n) is 3.35. The van der Waals surface area contributed by atoms with Crippen molar-refractivity contribution in [2.24, 2.45) is 5.92 Å². The quantitative estimate of drug-likeness (QED) is 0.906. The number of halogens is 3. The SMILES string of the molecule is CN1CC2CCC1C(Nc1ncc(C(F)(F)F)cn1)C2. The second-order valence-electron chi connectivity index (χ2n) is 5.73. The number of hydrogen-bond donors (Lipinski definition) is 1. The number of alkyl halides is 3. The summed E-state index contributed by atoms with van der Waals surface area (Å²) in [5, 5.41) is 3.19. The van der Waals surface area contributed by atoms with Crippen LogP contribution in [0.4, 0.5) is 19.1 Å². The molecule has 7 heteroatoms. The first-order valence-electron chi connectivity index (χ1n) is 6.79. The molecule has 3 atom stereocenters. The van der Waals surface area contributed by atoms with E-state index in [0.29, 0.717) is 12.0 Å². The lowest BCUT2D eigenvalue weighted by Gasteiger charge is -2.48. The van der Waals surface area contributed by atoms with Crippen LogP contribution >= 0.6 is 0 Å². The van der Waals surface area contributed by atoms with Crippen molar-refractivity contribution in [3.63, 3.8) is 0 Å². The smallest absolute Gasteiger partial charge is 0.350 e. The molecule has 4 rings (SSSR count). The number of nitrogens with zero attached hydrogens (tertiary/aromatic N) is 3. The van der Waals surface area contributed by atoms with E-state index in [4.69, 9.17) is 0 Å². The number of piperidine rings is 2. The summed E-state index contributed by atoms with van der Waals surface area (Å²) in [5.74, 6) is 0.945. The van der Waals surface area contributed by atoms with Gasteiger partial charge in [0.2, 0.25) is 5.95 Å². The van der Waals surface area contributed by atoms with Gasteiger partial charge in [0, 0.05) is 31.0 Å². The molecule has 3 heterocycles. The molecule has 1 saturated carbocycles. The molecular formula is C13H17F3N4. The molecule has 1 aromatic heterocycles. The molecule has 4 nitrogen and oxygen atoms in total. The van der Waals surface area contributed by atoms with Gasteiger partial charge in [-0.2, -0.15) is 13.2 Å². The van der Waals surface area contributed by atoms with E-state index < -0.39 is 11.7 Å². The Kier molecular flexibility index (Phi) is 3.32. The third-order valence-electron chi connectivity index (χ3n) is 4.33. The minimum absolute atomic E-state index is 0.226. The molecule has 2 aliphatic heterocycles. The van der Waals surface area contributed by atoms with Crippen LogP contribution in [0.2, 0.25) is 0 Å². The standard InChI is InChI=1S/C13H17F3N4/c1-20-7-8-2-3-11(20)10(4-8)19-12-17-5-9(6-18-12)13(14,15)16/h5-6,8,10-11H,2-4,7H2,1H3,(H,17,18,19). The van der Waals surface area contributed by atoms with Gasteiger partial charge < -0.3 is 10.2 Å². The number of hydrogen-bond acceptors (Lipinski definition) is 4. The molecule has 3 unspecified atom stereocenters. The average molecular weight is 286 g/mol. The Hall–Kier alpha value is -1.37. The molecule has 2 bridgehead atoms. The number of anilines is 1. The number of likely N-dealkylation sites (N-methyl/N-ethyl adjacent to an activating group) is 1. The minimum atomic E-state index is -4.39. The van der Waals surface area contributed by atoms with Gasteiger partial charge in [-0.3, -0.25) is 0 Å². The van der Waals surface area contributed by atoms with Crippen molar-refractivity contribution in [2.75, 3.05) is 18.9 Å². The summed E-state index contributed by atoms with van der Waals surface area (Å²) in [7, 11) is 2.10. The number of aromatic nitrogens is 2. The molecule has 0 amide bonds. The molecule has 1 N–H and O–H groups in total. The lowest BCUT2D eigenvalue weighted by atomic mass is 9.77. The molecule has 2 saturated heterocycles. The van der Waals surface area contributed by atoms with E-state index in [0.717, 1.165) is 31.8 Å². The number of fused-ring (bicyclic) bond motifs is 3. The van der Waals surface area contributed by atoms with Gasteiger partial charge in [-0.05, 0) is 32.2 Å². The van der Waals surface area contributed by atoms with Crippen LogP contribution in [0.15, 0.2) is 12.4 Å². The predicted molar refractivity (Wildman–Crippen MR) is 68.2 cm³/mol. The number of rotatable bonds is 2. The van der Waals surface area contributed by atoms with Crippen molar-refractivity contribution in [1.29, 1.82) is 0 Å². The first-order valence-corrected chi connectivity index (χ1v) is 6.79. The molecule has 110 valence electrons. The van der Waals surface area contributed by atoms with Crippen LogP contribution < -0.4 is 5.32 Å². The Morgan fingerprint density at radius 3 is 2.50 bits per heavy atom. The lowest BCUT2D eigenvalue weighted by molar-refractivity contribution is -0.138.